The molecule has 2 heterocycles. The second-order valence-corrected chi connectivity index (χ2v) is 6.86. The lowest BCUT2D eigenvalue weighted by Gasteiger charge is -2.50. The minimum Gasteiger partial charge on any atom is -0.359 e. The van der Waals surface area contributed by atoms with Crippen LogP contribution >= 0.6 is 0 Å². The Hall–Kier alpha value is -1.80. The highest BCUT2D eigenvalue weighted by Crippen LogP contribution is 2.54. The summed E-state index contributed by atoms with van der Waals surface area (Å²) in [5.41, 5.74) is -2.22. The molecule has 3 fully saturated rings. The van der Waals surface area contributed by atoms with Crippen molar-refractivity contribution in [3.05, 3.63) is 0 Å². The van der Waals surface area contributed by atoms with E-state index in [9.17, 15) is 27.6 Å². The summed E-state index contributed by atoms with van der Waals surface area (Å²) >= 11 is 0. The zero-order valence-corrected chi connectivity index (χ0v) is 13.4. The number of halogens is 3. The van der Waals surface area contributed by atoms with Crippen molar-refractivity contribution in [1.29, 1.82) is 0 Å². The fourth-order valence-electron chi connectivity index (χ4n) is 3.73. The average molecular weight is 347 g/mol. The smallest absolute Gasteiger partial charge is 0.359 e. The molecule has 1 unspecified atom stereocenters. The van der Waals surface area contributed by atoms with E-state index in [1.54, 1.807) is 0 Å². The molecule has 1 N–H and O–H groups in total. The summed E-state index contributed by atoms with van der Waals surface area (Å²) in [6.45, 7) is 0.487. The maximum absolute atomic E-state index is 13.2. The predicted molar refractivity (Wildman–Crippen MR) is 76.6 cm³/mol. The van der Waals surface area contributed by atoms with Crippen molar-refractivity contribution in [3.63, 3.8) is 0 Å². The molecule has 2 aliphatic heterocycles. The third kappa shape index (κ3) is 2.44. The zero-order chi connectivity index (χ0) is 17.7. The van der Waals surface area contributed by atoms with Gasteiger partial charge in [-0.25, -0.2) is 0 Å². The molecule has 0 aromatic carbocycles. The van der Waals surface area contributed by atoms with E-state index < -0.39 is 23.4 Å². The summed E-state index contributed by atoms with van der Waals surface area (Å²) in [5.74, 6) is -1.70. The number of nitrogens with one attached hydrogen (secondary N) is 1. The number of carbonyl (C=O) groups is 3. The van der Waals surface area contributed by atoms with Gasteiger partial charge in [0.25, 0.3) is 0 Å². The van der Waals surface area contributed by atoms with E-state index in [0.717, 1.165) is 0 Å². The number of alkyl halides is 3. The lowest BCUT2D eigenvalue weighted by Crippen LogP contribution is -2.66. The second-order valence-electron chi connectivity index (χ2n) is 6.86. The number of likely N-dealkylation sites (tertiary alicyclic amines) is 2. The highest BCUT2D eigenvalue weighted by Gasteiger charge is 2.65. The fourth-order valence-corrected chi connectivity index (χ4v) is 3.73. The maximum Gasteiger partial charge on any atom is 0.403 e. The molecule has 0 aromatic heterocycles. The Balaban J connectivity index is 1.59. The van der Waals surface area contributed by atoms with Gasteiger partial charge in [0.2, 0.25) is 17.7 Å². The highest BCUT2D eigenvalue weighted by atomic mass is 19.4. The van der Waals surface area contributed by atoms with Gasteiger partial charge < -0.3 is 15.1 Å². The first-order valence-corrected chi connectivity index (χ1v) is 8.07. The van der Waals surface area contributed by atoms with Crippen LogP contribution in [0.3, 0.4) is 0 Å². The predicted octanol–water partition coefficient (Wildman–Crippen LogP) is 0.524. The largest absolute Gasteiger partial charge is 0.403 e. The number of hydrogen-bond acceptors (Lipinski definition) is 3. The number of carbonyl (C=O) groups excluding carboxylic acids is 3. The number of nitrogens with zero attached hydrogens (tertiary/aromatic N) is 2. The topological polar surface area (TPSA) is 69.7 Å². The van der Waals surface area contributed by atoms with Crippen LogP contribution in [0.2, 0.25) is 0 Å². The Morgan fingerprint density at radius 2 is 1.83 bits per heavy atom. The Morgan fingerprint density at radius 3 is 2.29 bits per heavy atom. The van der Waals surface area contributed by atoms with E-state index in [1.165, 1.54) is 16.8 Å². The van der Waals surface area contributed by atoms with Gasteiger partial charge in [0.05, 0.1) is 12.0 Å². The second kappa shape index (κ2) is 5.63. The van der Waals surface area contributed by atoms with Crippen LogP contribution in [0.15, 0.2) is 0 Å². The SMILES string of the molecule is CNC(=O)C1CC(=O)N(C2CN(C(=O)C3(C(F)(F)F)CCC3)C2)C1. The van der Waals surface area contributed by atoms with E-state index in [-0.39, 0.29) is 56.8 Å². The summed E-state index contributed by atoms with van der Waals surface area (Å²) in [6.07, 6.45) is -4.32. The highest BCUT2D eigenvalue weighted by molar-refractivity contribution is 5.90. The minimum atomic E-state index is -4.53. The van der Waals surface area contributed by atoms with E-state index >= 15 is 0 Å². The van der Waals surface area contributed by atoms with Crippen LogP contribution < -0.4 is 5.32 Å². The molecular weight excluding hydrogens is 327 g/mol. The lowest BCUT2D eigenvalue weighted by atomic mass is 9.66. The monoisotopic (exact) mass is 347 g/mol. The summed E-state index contributed by atoms with van der Waals surface area (Å²) in [6, 6.07) is -0.290. The summed E-state index contributed by atoms with van der Waals surface area (Å²) in [5, 5.41) is 2.49. The van der Waals surface area contributed by atoms with E-state index in [4.69, 9.17) is 0 Å². The van der Waals surface area contributed by atoms with Gasteiger partial charge in [0.1, 0.15) is 5.41 Å². The molecule has 3 aliphatic rings. The normalized spacial score (nSPS) is 26.8. The van der Waals surface area contributed by atoms with Crippen LogP contribution in [-0.2, 0) is 14.4 Å². The van der Waals surface area contributed by atoms with Gasteiger partial charge in [-0.15, -0.1) is 0 Å². The van der Waals surface area contributed by atoms with Crippen LogP contribution in [0.4, 0.5) is 13.2 Å². The molecule has 0 bridgehead atoms. The van der Waals surface area contributed by atoms with Crippen molar-refractivity contribution in [2.24, 2.45) is 11.3 Å². The Kier molecular flexibility index (Phi) is 4.00. The third-order valence-corrected chi connectivity index (χ3v) is 5.53. The molecule has 3 amide bonds. The van der Waals surface area contributed by atoms with Gasteiger partial charge in [-0.2, -0.15) is 13.2 Å². The average Bonchev–Trinajstić information content (AvgIpc) is 2.75. The Labute approximate surface area is 137 Å². The molecule has 24 heavy (non-hydrogen) atoms. The number of hydrogen-bond donors (Lipinski definition) is 1. The molecule has 134 valence electrons. The van der Waals surface area contributed by atoms with Crippen LogP contribution in [0.5, 0.6) is 0 Å². The van der Waals surface area contributed by atoms with E-state index in [2.05, 4.69) is 5.32 Å². The molecule has 3 rings (SSSR count). The van der Waals surface area contributed by atoms with Crippen molar-refractivity contribution in [2.75, 3.05) is 26.7 Å². The van der Waals surface area contributed by atoms with Crippen LogP contribution in [0.1, 0.15) is 25.7 Å². The van der Waals surface area contributed by atoms with Gasteiger partial charge >= 0.3 is 6.18 Å². The summed E-state index contributed by atoms with van der Waals surface area (Å²) in [7, 11) is 1.49. The number of amides is 3. The molecule has 9 heteroatoms. The molecule has 0 spiro atoms. The molecule has 1 aliphatic carbocycles. The van der Waals surface area contributed by atoms with Crippen molar-refractivity contribution in [2.45, 2.75) is 37.9 Å². The minimum absolute atomic E-state index is 0.108. The quantitative estimate of drug-likeness (QED) is 0.809. The van der Waals surface area contributed by atoms with Gasteiger partial charge in [0, 0.05) is 33.1 Å². The third-order valence-electron chi connectivity index (χ3n) is 5.53. The first kappa shape index (κ1) is 17.0. The van der Waals surface area contributed by atoms with Gasteiger partial charge in [-0.05, 0) is 12.8 Å². The molecule has 2 saturated heterocycles. The Morgan fingerprint density at radius 1 is 1.21 bits per heavy atom. The van der Waals surface area contributed by atoms with Crippen LogP contribution in [0.25, 0.3) is 0 Å². The molecule has 1 saturated carbocycles. The first-order chi connectivity index (χ1) is 11.2. The number of rotatable bonds is 3. The molecule has 6 nitrogen and oxygen atoms in total. The van der Waals surface area contributed by atoms with Crippen molar-refractivity contribution in [1.82, 2.24) is 15.1 Å². The molecule has 1 atom stereocenters. The lowest BCUT2D eigenvalue weighted by molar-refractivity contribution is -0.251. The summed E-state index contributed by atoms with van der Waals surface area (Å²) < 4.78 is 39.6. The maximum atomic E-state index is 13.2. The van der Waals surface area contributed by atoms with Gasteiger partial charge in [0.15, 0.2) is 0 Å². The molecular formula is C15H20F3N3O3. The van der Waals surface area contributed by atoms with Crippen molar-refractivity contribution < 1.29 is 27.6 Å². The van der Waals surface area contributed by atoms with E-state index in [1.807, 2.05) is 0 Å². The van der Waals surface area contributed by atoms with Gasteiger partial charge in [-0.1, -0.05) is 6.42 Å². The molecule has 0 aromatic rings. The van der Waals surface area contributed by atoms with Crippen LogP contribution in [0, 0.1) is 11.3 Å². The molecule has 0 radical (unpaired) electrons. The fraction of sp³-hybridized carbons (Fsp3) is 0.800. The van der Waals surface area contributed by atoms with Crippen molar-refractivity contribution >= 4 is 17.7 Å². The van der Waals surface area contributed by atoms with E-state index in [0.29, 0.717) is 6.42 Å². The summed E-state index contributed by atoms with van der Waals surface area (Å²) in [4.78, 5) is 38.6. The zero-order valence-electron chi connectivity index (χ0n) is 13.4. The van der Waals surface area contributed by atoms with Crippen LogP contribution in [-0.4, -0.2) is 66.4 Å². The standard InChI is InChI=1S/C15H20F3N3O3/c1-19-12(23)9-5-11(22)21(6-9)10-7-20(8-10)13(24)14(3-2-4-14)15(16,17)18/h9-10H,2-8H2,1H3,(H,19,23). The van der Waals surface area contributed by atoms with Crippen molar-refractivity contribution in [3.8, 4) is 0 Å². The Bertz CT molecular complexity index is 568. The van der Waals surface area contributed by atoms with Gasteiger partial charge in [-0.3, -0.25) is 14.4 Å². The first-order valence-electron chi connectivity index (χ1n) is 8.07.